The van der Waals surface area contributed by atoms with Gasteiger partial charge in [0.15, 0.2) is 11.6 Å². The number of hydrogen-bond donors (Lipinski definition) is 28. The van der Waals surface area contributed by atoms with Crippen molar-refractivity contribution in [3.05, 3.63) is 119 Å². The van der Waals surface area contributed by atoms with E-state index in [4.69, 9.17) is 32.1 Å². The molecule has 2 aromatic heterocycles. The number of aromatic nitrogens is 4. The van der Waals surface area contributed by atoms with Crippen LogP contribution in [-0.2, 0) is 109 Å². The zero-order valence-corrected chi connectivity index (χ0v) is 75.3. The maximum Gasteiger partial charge on any atom is 0.340 e. The molecular weight excluding hydrogens is 1810 g/mol. The Morgan fingerprint density at radius 3 is 1.40 bits per heavy atom. The Morgan fingerprint density at radius 1 is 0.460 bits per heavy atom. The minimum Gasteiger partial charge on any atom is -0.508 e. The maximum atomic E-state index is 14.3. The zero-order valence-electron chi connectivity index (χ0n) is 75.3. The number of aliphatic carboxylic acids is 3. The number of nitrogens with two attached hydrogens (primary N) is 3. The summed E-state index contributed by atoms with van der Waals surface area (Å²) >= 11 is 0. The number of amides is 18. The van der Waals surface area contributed by atoms with Crippen LogP contribution in [0.1, 0.15) is 168 Å². The van der Waals surface area contributed by atoms with Crippen LogP contribution in [-0.4, -0.2) is 267 Å². The maximum absolute atomic E-state index is 14.3. The molecule has 2 aliphatic rings. The van der Waals surface area contributed by atoms with Crippen molar-refractivity contribution in [1.82, 2.24) is 111 Å². The van der Waals surface area contributed by atoms with Gasteiger partial charge in [0.25, 0.3) is 11.8 Å². The van der Waals surface area contributed by atoms with Crippen LogP contribution in [0.25, 0.3) is 0 Å². The second-order valence-electron chi connectivity index (χ2n) is 32.5. The Bertz CT molecular complexity index is 5310. The van der Waals surface area contributed by atoms with E-state index in [9.17, 15) is 126 Å². The number of aromatic hydroxyl groups is 2. The molecule has 5 aromatic rings. The number of guanidine groups is 1. The highest BCUT2D eigenvalue weighted by Gasteiger charge is 2.54. The Balaban J connectivity index is 0.943. The molecule has 14 atom stereocenters. The number of phenolic OH excluding ortho intramolecular Hbond substituents is 2. The molecule has 0 bridgehead atoms. The number of carbonyl (C=O) groups excluding carboxylic acids is 18. The van der Waals surface area contributed by atoms with Crippen LogP contribution in [0.5, 0.6) is 23.0 Å². The van der Waals surface area contributed by atoms with E-state index >= 15 is 0 Å². The number of rotatable bonds is 51. The lowest BCUT2D eigenvalue weighted by molar-refractivity contribution is -0.142. The van der Waals surface area contributed by atoms with Crippen molar-refractivity contribution in [2.75, 3.05) is 13.1 Å². The number of carboxylic acid groups (broad SMARTS) is 3. The molecule has 53 nitrogen and oxygen atoms in total. The van der Waals surface area contributed by atoms with E-state index in [2.05, 4.69) is 111 Å². The summed E-state index contributed by atoms with van der Waals surface area (Å²) in [4.78, 5) is 295. The molecule has 1 spiro atoms. The molecule has 4 heterocycles. The van der Waals surface area contributed by atoms with Crippen LogP contribution in [0.15, 0.2) is 79.6 Å². The van der Waals surface area contributed by atoms with Gasteiger partial charge in [-0.15, -0.1) is 0 Å². The number of hydrogen-bond acceptors (Lipinski definition) is 28. The first kappa shape index (κ1) is 107. The third-order valence-electron chi connectivity index (χ3n) is 21.5. The molecule has 0 saturated carbocycles. The molecular formula is C84H111N25O28. The van der Waals surface area contributed by atoms with Gasteiger partial charge in [-0.2, -0.15) is 0 Å². The molecule has 53 heteroatoms. The van der Waals surface area contributed by atoms with Gasteiger partial charge >= 0.3 is 29.9 Å². The number of benzene rings is 3. The van der Waals surface area contributed by atoms with Crippen molar-refractivity contribution < 1.29 is 136 Å². The number of carbonyl (C=O) groups is 21. The highest BCUT2D eigenvalue weighted by molar-refractivity contribution is 6.05. The summed E-state index contributed by atoms with van der Waals surface area (Å²) in [6.45, 7) is 10.0. The average molecular weight is 1920 g/mol. The van der Waals surface area contributed by atoms with E-state index in [1.54, 1.807) is 6.92 Å². The summed E-state index contributed by atoms with van der Waals surface area (Å²) in [5.74, 6) is -24.8. The number of aromatic amines is 2. The number of primary amides is 2. The first-order chi connectivity index (χ1) is 64.6. The molecule has 740 valence electrons. The number of nitrogens with zero attached hydrogens (tertiary/aromatic N) is 2. The normalized spacial score (nSPS) is 14.9. The third kappa shape index (κ3) is 31.3. The van der Waals surface area contributed by atoms with E-state index in [-0.39, 0.29) is 95.7 Å². The van der Waals surface area contributed by atoms with Crippen molar-refractivity contribution >= 4 is 130 Å². The van der Waals surface area contributed by atoms with Gasteiger partial charge in [-0.25, -0.2) is 29.8 Å². The minimum absolute atomic E-state index is 0.0832. The summed E-state index contributed by atoms with van der Waals surface area (Å²) in [5.41, 5.74) is 19.6. The molecule has 7 rings (SSSR count). The van der Waals surface area contributed by atoms with Gasteiger partial charge in [-0.1, -0.05) is 40.2 Å². The monoisotopic (exact) mass is 1920 g/mol. The number of H-pyrrole nitrogens is 2. The Morgan fingerprint density at radius 2 is 0.912 bits per heavy atom. The molecule has 0 radical (unpaired) electrons. The molecule has 0 aliphatic carbocycles. The quantitative estimate of drug-likeness (QED) is 0.00566. The zero-order chi connectivity index (χ0) is 102. The average Bonchev–Trinajstić information content (AvgIpc) is 1.55. The Hall–Kier alpha value is -16.6. The fourth-order valence-electron chi connectivity index (χ4n) is 13.9. The van der Waals surface area contributed by atoms with Gasteiger partial charge in [0.1, 0.15) is 102 Å². The highest BCUT2D eigenvalue weighted by Crippen LogP contribution is 2.57. The largest absolute Gasteiger partial charge is 0.508 e. The summed E-state index contributed by atoms with van der Waals surface area (Å²) in [5, 5.41) is 92.1. The number of carboxylic acids is 3. The summed E-state index contributed by atoms with van der Waals surface area (Å²) in [6.07, 6.45) is -0.167. The van der Waals surface area contributed by atoms with Crippen LogP contribution < -0.4 is 113 Å². The van der Waals surface area contributed by atoms with E-state index in [1.807, 2.05) is 0 Å². The molecule has 3 aromatic carbocycles. The minimum atomic E-state index is -1.99. The van der Waals surface area contributed by atoms with E-state index in [0.29, 0.717) is 11.1 Å². The second kappa shape index (κ2) is 49.8. The summed E-state index contributed by atoms with van der Waals surface area (Å²) in [7, 11) is 0. The number of esters is 1. The van der Waals surface area contributed by atoms with Crippen LogP contribution >= 0.6 is 0 Å². The van der Waals surface area contributed by atoms with Gasteiger partial charge in [-0.3, -0.25) is 97.1 Å². The predicted octanol–water partition coefficient (Wildman–Crippen LogP) is -6.16. The van der Waals surface area contributed by atoms with Crippen molar-refractivity contribution in [2.24, 2.45) is 29.0 Å². The highest BCUT2D eigenvalue weighted by atomic mass is 16.6. The number of imidazole rings is 2. The van der Waals surface area contributed by atoms with Gasteiger partial charge in [0.2, 0.25) is 82.7 Å². The number of ether oxygens (including phenoxy) is 2. The smallest absolute Gasteiger partial charge is 0.340 e. The second-order valence-corrected chi connectivity index (χ2v) is 32.5. The van der Waals surface area contributed by atoms with Crippen molar-refractivity contribution in [3.8, 4) is 23.0 Å². The molecule has 2 aliphatic heterocycles. The van der Waals surface area contributed by atoms with Crippen LogP contribution in [0, 0.1) is 17.2 Å². The fourth-order valence-corrected chi connectivity index (χ4v) is 13.9. The van der Waals surface area contributed by atoms with Crippen LogP contribution in [0.4, 0.5) is 4.79 Å². The summed E-state index contributed by atoms with van der Waals surface area (Å²) in [6, 6.07) is -10.3. The van der Waals surface area contributed by atoms with Crippen LogP contribution in [0.2, 0.25) is 0 Å². The first-order valence-electron chi connectivity index (χ1n) is 42.9. The Kier molecular flexibility index (Phi) is 39.0. The van der Waals surface area contributed by atoms with Gasteiger partial charge in [0, 0.05) is 85.4 Å². The van der Waals surface area contributed by atoms with E-state index < -0.39 is 272 Å². The Labute approximate surface area is 779 Å². The van der Waals surface area contributed by atoms with Crippen molar-refractivity contribution in [2.45, 2.75) is 217 Å². The number of urea groups is 1. The van der Waals surface area contributed by atoms with E-state index in [1.165, 1.54) is 114 Å². The first-order valence-corrected chi connectivity index (χ1v) is 42.9. The number of nitrogens with one attached hydrogen (secondary N) is 20. The van der Waals surface area contributed by atoms with Crippen molar-refractivity contribution in [1.29, 1.82) is 5.41 Å². The molecule has 18 amide bonds. The molecule has 137 heavy (non-hydrogen) atoms. The van der Waals surface area contributed by atoms with Crippen molar-refractivity contribution in [3.63, 3.8) is 0 Å². The third-order valence-corrected chi connectivity index (χ3v) is 21.5. The summed E-state index contributed by atoms with van der Waals surface area (Å²) < 4.78 is 12.1. The lowest BCUT2D eigenvalue weighted by atomic mass is 9.77. The fraction of sp³-hybridized carbons (Fsp3) is 0.452. The number of phenols is 2. The van der Waals surface area contributed by atoms with Crippen LogP contribution in [0.3, 0.4) is 0 Å². The van der Waals surface area contributed by atoms with E-state index in [0.717, 1.165) is 13.8 Å². The van der Waals surface area contributed by atoms with Gasteiger partial charge in [0.05, 0.1) is 42.6 Å². The standard InChI is InChI=1S/C84H111N25O28/c1-9-37(4)66(79(131)105-57(30-61(86)113)76(128)102-51(19-22-63(115)116)72(124)96-38(5)67(119)92-33-62(114)99-54(80(132)133)11-10-24-91-82(87)88)106-73(125)52(20-23-64(117)118)100-69(121)41(8)98-74(126)55(26-43-31-89-34-93-43)103-70(122)40(7)95-68(120)39(6)97-75(127)56(27-44-32-90-35-94-44)104-78(130)65(36(2)3)107-83(135)109-108-77(129)53(18-21-60(85)112)101-71(123)42-12-15-48-47(25-42)81(134)137-84(48)49-16-13-45(110)28-58(49)136-59-29-46(111)14-17-50(59)84/h12-17,25,28-29,31-32,34-41,51-57,65-66,110-111H,9-11,18-24,26-27,30,33H2,1-8H3,(H2,85,112)(H2,86,113)(H,89,93)(H,90,94)(H,92,119)(H,95,120)(H,96,124)(H,97,127)(H,98,126)(H,99,114)(H,100,121)(H,101,123)(H,102,128)(H,103,122)(H,104,130)(H,105,131)(H,106,125)(H,108,129)(H,115,116)(H,117,118)(H,132,133)(H4,87,88,91)(H2,107,109,135)/t37-,38-,39-,40-,41-,51-,52-,53-,54-,55-,56-,57-,65-,66-/m0/s1. The predicted molar refractivity (Wildman–Crippen MR) is 471 cm³/mol. The molecule has 0 saturated heterocycles. The number of hydrazine groups is 1. The molecule has 0 unspecified atom stereocenters. The number of fused-ring (bicyclic) bond motifs is 6. The molecule has 0 fully saturated rings. The lowest BCUT2D eigenvalue weighted by Crippen LogP contribution is -2.61. The van der Waals surface area contributed by atoms with Gasteiger partial charge < -0.3 is 142 Å². The molecule has 31 N–H and O–H groups in total. The topological polar surface area (TPSA) is 842 Å². The SMILES string of the molecule is CC[C@H](C)[C@H](NC(=O)[C@H](CCC(=O)O)NC(=O)[C@H](C)NC(=O)[C@H](Cc1c[nH]cn1)NC(=O)[C@H](C)NC(=O)[C@H](C)NC(=O)[C@H](Cc1c[nH]cn1)NC(=O)[C@@H](NC(=O)NNC(=O)[C@H](CCC(N)=O)NC(=O)c1ccc2c(c1)C(=O)OC21c2ccc(O)cc2Oc2cc(O)ccc21)C(C)C)C(=O)N[C@@H](CC(N)=O)C(=O)N[C@@H](CCC(=O)O)C(=O)N[C@@H](C)C(=O)NCC(=O)N[C@@H](CCCNC(=N)N)C(=O)O. The lowest BCUT2D eigenvalue weighted by Gasteiger charge is -2.36. The van der Waals surface area contributed by atoms with Gasteiger partial charge in [-0.05, 0) is 108 Å².